The van der Waals surface area contributed by atoms with E-state index in [2.05, 4.69) is 51.2 Å². The van der Waals surface area contributed by atoms with Crippen molar-refractivity contribution in [1.29, 1.82) is 0 Å². The Labute approximate surface area is 156 Å². The quantitative estimate of drug-likeness (QED) is 0.618. The normalized spacial score (nSPS) is 15.8. The van der Waals surface area contributed by atoms with Crippen LogP contribution in [0.1, 0.15) is 49.3 Å². The van der Waals surface area contributed by atoms with Gasteiger partial charge < -0.3 is 15.2 Å². The molecule has 0 unspecified atom stereocenters. The molecule has 140 valence electrons. The summed E-state index contributed by atoms with van der Waals surface area (Å²) in [5.74, 6) is 2.68. The zero-order valence-corrected chi connectivity index (χ0v) is 15.9. The minimum absolute atomic E-state index is 0.521. The SMILES string of the molecule is Cc1nnc(CN=C(NCCc2ccccc2)NC2CCCCC2)n1C. The molecule has 6 heteroatoms. The molecule has 2 aromatic rings. The van der Waals surface area contributed by atoms with Gasteiger partial charge in [0.1, 0.15) is 12.4 Å². The van der Waals surface area contributed by atoms with E-state index in [4.69, 9.17) is 4.99 Å². The average Bonchev–Trinajstić information content (AvgIpc) is 2.99. The molecule has 1 aliphatic rings. The van der Waals surface area contributed by atoms with E-state index in [0.29, 0.717) is 12.6 Å². The van der Waals surface area contributed by atoms with Gasteiger partial charge in [0.2, 0.25) is 0 Å². The Balaban J connectivity index is 1.60. The van der Waals surface area contributed by atoms with Crippen LogP contribution in [0.15, 0.2) is 35.3 Å². The van der Waals surface area contributed by atoms with E-state index in [-0.39, 0.29) is 0 Å². The minimum Gasteiger partial charge on any atom is -0.356 e. The molecule has 6 nitrogen and oxygen atoms in total. The van der Waals surface area contributed by atoms with E-state index in [0.717, 1.165) is 30.6 Å². The summed E-state index contributed by atoms with van der Waals surface area (Å²) in [5, 5.41) is 15.4. The number of hydrogen-bond donors (Lipinski definition) is 2. The highest BCUT2D eigenvalue weighted by atomic mass is 15.3. The molecule has 26 heavy (non-hydrogen) atoms. The maximum absolute atomic E-state index is 4.76. The highest BCUT2D eigenvalue weighted by Gasteiger charge is 2.15. The molecule has 0 atom stereocenters. The highest BCUT2D eigenvalue weighted by Crippen LogP contribution is 2.17. The third kappa shape index (κ3) is 5.31. The summed E-state index contributed by atoms with van der Waals surface area (Å²) in [4.78, 5) is 4.76. The number of benzene rings is 1. The lowest BCUT2D eigenvalue weighted by molar-refractivity contribution is 0.410. The van der Waals surface area contributed by atoms with Crippen LogP contribution in [0.5, 0.6) is 0 Å². The van der Waals surface area contributed by atoms with Crippen LogP contribution < -0.4 is 10.6 Å². The molecular formula is C20H30N6. The van der Waals surface area contributed by atoms with Crippen molar-refractivity contribution in [3.05, 3.63) is 47.5 Å². The van der Waals surface area contributed by atoms with Gasteiger partial charge in [-0.25, -0.2) is 4.99 Å². The van der Waals surface area contributed by atoms with E-state index >= 15 is 0 Å². The van der Waals surface area contributed by atoms with Gasteiger partial charge in [-0.1, -0.05) is 49.6 Å². The third-order valence-electron chi connectivity index (χ3n) is 5.06. The maximum Gasteiger partial charge on any atom is 0.191 e. The fourth-order valence-corrected chi connectivity index (χ4v) is 3.30. The number of guanidine groups is 1. The standard InChI is InChI=1S/C20H30N6/c1-16-24-25-19(26(16)2)15-22-20(23-18-11-7-4-8-12-18)21-14-13-17-9-5-3-6-10-17/h3,5-6,9-10,18H,4,7-8,11-15H2,1-2H3,(H2,21,22,23). The predicted molar refractivity (Wildman–Crippen MR) is 105 cm³/mol. The summed E-state index contributed by atoms with van der Waals surface area (Å²) in [6.07, 6.45) is 7.39. The number of hydrogen-bond acceptors (Lipinski definition) is 3. The zero-order valence-electron chi connectivity index (χ0n) is 15.9. The second-order valence-electron chi connectivity index (χ2n) is 7.03. The van der Waals surface area contributed by atoms with Gasteiger partial charge in [-0.2, -0.15) is 0 Å². The van der Waals surface area contributed by atoms with E-state index < -0.39 is 0 Å². The third-order valence-corrected chi connectivity index (χ3v) is 5.06. The highest BCUT2D eigenvalue weighted by molar-refractivity contribution is 5.80. The van der Waals surface area contributed by atoms with E-state index in [1.165, 1.54) is 37.7 Å². The number of aromatic nitrogens is 3. The number of aliphatic imine (C=N–C) groups is 1. The van der Waals surface area contributed by atoms with Gasteiger partial charge in [-0.3, -0.25) is 0 Å². The molecule has 1 fully saturated rings. The van der Waals surface area contributed by atoms with Crippen molar-refractivity contribution in [2.45, 2.75) is 58.0 Å². The maximum atomic E-state index is 4.76. The molecule has 1 saturated carbocycles. The molecule has 1 aliphatic carbocycles. The first kappa shape index (κ1) is 18.4. The first-order valence-corrected chi connectivity index (χ1v) is 9.66. The molecule has 0 aliphatic heterocycles. The Morgan fingerprint density at radius 3 is 2.62 bits per heavy atom. The predicted octanol–water partition coefficient (Wildman–Crippen LogP) is 2.73. The first-order valence-electron chi connectivity index (χ1n) is 9.66. The summed E-state index contributed by atoms with van der Waals surface area (Å²) in [6.45, 7) is 3.35. The monoisotopic (exact) mass is 354 g/mol. The summed E-state index contributed by atoms with van der Waals surface area (Å²) < 4.78 is 1.99. The molecule has 0 amide bonds. The fraction of sp³-hybridized carbons (Fsp3) is 0.550. The zero-order chi connectivity index (χ0) is 18.2. The molecule has 0 radical (unpaired) electrons. The van der Waals surface area contributed by atoms with Crippen molar-refractivity contribution < 1.29 is 0 Å². The summed E-state index contributed by atoms with van der Waals surface area (Å²) in [7, 11) is 1.98. The lowest BCUT2D eigenvalue weighted by Gasteiger charge is -2.25. The van der Waals surface area contributed by atoms with Gasteiger partial charge in [0, 0.05) is 19.6 Å². The van der Waals surface area contributed by atoms with Crippen LogP contribution in [-0.4, -0.2) is 33.3 Å². The van der Waals surface area contributed by atoms with Crippen LogP contribution in [0.25, 0.3) is 0 Å². The second-order valence-corrected chi connectivity index (χ2v) is 7.03. The van der Waals surface area contributed by atoms with Crippen molar-refractivity contribution in [1.82, 2.24) is 25.4 Å². The molecule has 0 saturated heterocycles. The van der Waals surface area contributed by atoms with Crippen LogP contribution in [0.4, 0.5) is 0 Å². The van der Waals surface area contributed by atoms with Crippen LogP contribution in [0.3, 0.4) is 0 Å². The number of rotatable bonds is 6. The topological polar surface area (TPSA) is 67.1 Å². The van der Waals surface area contributed by atoms with Gasteiger partial charge in [-0.05, 0) is 31.7 Å². The van der Waals surface area contributed by atoms with Gasteiger partial charge in [0.15, 0.2) is 11.8 Å². The van der Waals surface area contributed by atoms with Crippen LogP contribution in [0, 0.1) is 6.92 Å². The van der Waals surface area contributed by atoms with Gasteiger partial charge in [-0.15, -0.1) is 10.2 Å². The smallest absolute Gasteiger partial charge is 0.191 e. The van der Waals surface area contributed by atoms with Gasteiger partial charge >= 0.3 is 0 Å². The lowest BCUT2D eigenvalue weighted by Crippen LogP contribution is -2.44. The molecule has 0 spiro atoms. The lowest BCUT2D eigenvalue weighted by atomic mass is 9.96. The second kappa shape index (κ2) is 9.36. The van der Waals surface area contributed by atoms with Crippen molar-refractivity contribution >= 4 is 5.96 Å². The first-order chi connectivity index (χ1) is 12.7. The molecule has 3 rings (SSSR count). The van der Waals surface area contributed by atoms with Crippen molar-refractivity contribution in [2.24, 2.45) is 12.0 Å². The molecule has 0 bridgehead atoms. The van der Waals surface area contributed by atoms with Gasteiger partial charge in [0.05, 0.1) is 0 Å². The van der Waals surface area contributed by atoms with Crippen LogP contribution in [-0.2, 0) is 20.0 Å². The van der Waals surface area contributed by atoms with E-state index in [1.54, 1.807) is 0 Å². The molecular weight excluding hydrogens is 324 g/mol. The largest absolute Gasteiger partial charge is 0.356 e. The minimum atomic E-state index is 0.521. The van der Waals surface area contributed by atoms with E-state index in [1.807, 2.05) is 18.5 Å². The Morgan fingerprint density at radius 1 is 1.15 bits per heavy atom. The molecule has 1 aromatic carbocycles. The molecule has 2 N–H and O–H groups in total. The fourth-order valence-electron chi connectivity index (χ4n) is 3.30. The van der Waals surface area contributed by atoms with Gasteiger partial charge in [0.25, 0.3) is 0 Å². The molecule has 1 aromatic heterocycles. The van der Waals surface area contributed by atoms with Crippen molar-refractivity contribution in [2.75, 3.05) is 6.54 Å². The number of nitrogens with one attached hydrogen (secondary N) is 2. The Kier molecular flexibility index (Phi) is 6.63. The summed E-state index contributed by atoms with van der Waals surface area (Å²) >= 11 is 0. The van der Waals surface area contributed by atoms with E-state index in [9.17, 15) is 0 Å². The van der Waals surface area contributed by atoms with Crippen LogP contribution in [0.2, 0.25) is 0 Å². The summed E-state index contributed by atoms with van der Waals surface area (Å²) in [5.41, 5.74) is 1.33. The average molecular weight is 355 g/mol. The van der Waals surface area contributed by atoms with Crippen LogP contribution >= 0.6 is 0 Å². The Hall–Kier alpha value is -2.37. The van der Waals surface area contributed by atoms with Crippen molar-refractivity contribution in [3.8, 4) is 0 Å². The Bertz CT molecular complexity index is 700. The summed E-state index contributed by atoms with van der Waals surface area (Å²) in [6, 6.07) is 11.1. The molecule has 1 heterocycles. The Morgan fingerprint density at radius 2 is 1.92 bits per heavy atom. The van der Waals surface area contributed by atoms with Crippen molar-refractivity contribution in [3.63, 3.8) is 0 Å². The number of nitrogens with zero attached hydrogens (tertiary/aromatic N) is 4. The number of aryl methyl sites for hydroxylation is 1.